The van der Waals surface area contributed by atoms with E-state index in [-0.39, 0.29) is 0 Å². The predicted octanol–water partition coefficient (Wildman–Crippen LogP) is 1.28. The zero-order valence-corrected chi connectivity index (χ0v) is 6.24. The van der Waals surface area contributed by atoms with Crippen molar-refractivity contribution < 1.29 is 5.73 Å². The van der Waals surface area contributed by atoms with E-state index in [4.69, 9.17) is 0 Å². The average molecular weight is 140 g/mol. The second-order valence-corrected chi connectivity index (χ2v) is 2.73. The third-order valence-corrected chi connectivity index (χ3v) is 1.90. The van der Waals surface area contributed by atoms with Crippen molar-refractivity contribution in [2.45, 2.75) is 4.90 Å². The Labute approximate surface area is 59.3 Å². The number of rotatable bonds is 1. The maximum absolute atomic E-state index is 3.79. The molecule has 0 fully saturated rings. The highest BCUT2D eigenvalue weighted by Gasteiger charge is 1.88. The minimum absolute atomic E-state index is 1.08. The molecule has 0 radical (unpaired) electrons. The molecule has 0 atom stereocenters. The van der Waals surface area contributed by atoms with Gasteiger partial charge in [0.15, 0.2) is 0 Å². The lowest BCUT2D eigenvalue weighted by Crippen LogP contribution is -2.39. The molecule has 0 saturated heterocycles. The Morgan fingerprint density at radius 2 is 1.78 bits per heavy atom. The number of quaternary nitrogens is 1. The Bertz CT molecular complexity index is 181. The molecule has 0 bridgehead atoms. The summed E-state index contributed by atoms with van der Waals surface area (Å²) in [5, 5.41) is 0. The molecule has 0 spiro atoms. The van der Waals surface area contributed by atoms with Crippen molar-refractivity contribution in [1.29, 1.82) is 0 Å². The van der Waals surface area contributed by atoms with Gasteiger partial charge in [0.2, 0.25) is 0 Å². The van der Waals surface area contributed by atoms with E-state index >= 15 is 0 Å². The molecule has 1 aromatic carbocycles. The van der Waals surface area contributed by atoms with Crippen LogP contribution in [0.15, 0.2) is 29.2 Å². The summed E-state index contributed by atoms with van der Waals surface area (Å²) in [5.74, 6) is 0. The van der Waals surface area contributed by atoms with Crippen molar-refractivity contribution in [3.05, 3.63) is 24.3 Å². The standard InChI is InChI=1S/C7H9NS/c1-9-7-4-2-6(8)3-5-7/h2-5H,8H2,1H3/p+1. The summed E-state index contributed by atoms with van der Waals surface area (Å²) >= 11 is 1.75. The highest BCUT2D eigenvalue weighted by atomic mass is 32.2. The Hall–Kier alpha value is -0.470. The SMILES string of the molecule is CSc1ccc([NH3+])cc1. The molecule has 0 heterocycles. The van der Waals surface area contributed by atoms with Gasteiger partial charge in [-0.25, -0.2) is 0 Å². The third-order valence-electron chi connectivity index (χ3n) is 1.16. The lowest BCUT2D eigenvalue weighted by atomic mass is 10.3. The summed E-state index contributed by atoms with van der Waals surface area (Å²) in [5.41, 5.74) is 4.86. The first kappa shape index (κ1) is 6.65. The second kappa shape index (κ2) is 2.90. The zero-order chi connectivity index (χ0) is 6.69. The van der Waals surface area contributed by atoms with E-state index in [1.54, 1.807) is 11.8 Å². The van der Waals surface area contributed by atoms with Crippen LogP contribution in [-0.2, 0) is 0 Å². The molecule has 3 N–H and O–H groups in total. The summed E-state index contributed by atoms with van der Waals surface area (Å²) < 4.78 is 0. The van der Waals surface area contributed by atoms with Gasteiger partial charge in [-0.05, 0) is 30.5 Å². The highest BCUT2D eigenvalue weighted by Crippen LogP contribution is 2.14. The topological polar surface area (TPSA) is 27.6 Å². The van der Waals surface area contributed by atoms with Crippen molar-refractivity contribution in [3.8, 4) is 0 Å². The first-order valence-corrected chi connectivity index (χ1v) is 4.01. The number of benzene rings is 1. The molecule has 0 unspecified atom stereocenters. The molecule has 9 heavy (non-hydrogen) atoms. The quantitative estimate of drug-likeness (QED) is 0.585. The second-order valence-electron chi connectivity index (χ2n) is 1.85. The smallest absolute Gasteiger partial charge is 0.127 e. The molecule has 0 saturated carbocycles. The normalized spacial score (nSPS) is 9.56. The maximum atomic E-state index is 3.79. The summed E-state index contributed by atoms with van der Waals surface area (Å²) in [7, 11) is 0. The summed E-state index contributed by atoms with van der Waals surface area (Å²) in [6, 6.07) is 8.19. The van der Waals surface area contributed by atoms with E-state index in [9.17, 15) is 0 Å². The van der Waals surface area contributed by atoms with Gasteiger partial charge >= 0.3 is 0 Å². The molecule has 1 rings (SSSR count). The van der Waals surface area contributed by atoms with Crippen LogP contribution >= 0.6 is 11.8 Å². The molecule has 0 aromatic heterocycles. The van der Waals surface area contributed by atoms with Crippen molar-refractivity contribution in [1.82, 2.24) is 0 Å². The zero-order valence-electron chi connectivity index (χ0n) is 5.42. The van der Waals surface area contributed by atoms with Gasteiger partial charge < -0.3 is 5.73 Å². The summed E-state index contributed by atoms with van der Waals surface area (Å²) in [6.07, 6.45) is 2.07. The molecule has 0 amide bonds. The Morgan fingerprint density at radius 1 is 1.22 bits per heavy atom. The van der Waals surface area contributed by atoms with E-state index in [2.05, 4.69) is 24.1 Å². The van der Waals surface area contributed by atoms with Crippen LogP contribution in [-0.4, -0.2) is 6.26 Å². The van der Waals surface area contributed by atoms with Crippen LogP contribution in [0.2, 0.25) is 0 Å². The number of thioether (sulfide) groups is 1. The van der Waals surface area contributed by atoms with Gasteiger partial charge in [-0.1, -0.05) is 0 Å². The Kier molecular flexibility index (Phi) is 2.14. The van der Waals surface area contributed by atoms with Crippen LogP contribution < -0.4 is 5.73 Å². The van der Waals surface area contributed by atoms with Crippen LogP contribution in [0.5, 0.6) is 0 Å². The van der Waals surface area contributed by atoms with Gasteiger partial charge in [-0.3, -0.25) is 0 Å². The molecule has 0 aliphatic rings. The van der Waals surface area contributed by atoms with Crippen LogP contribution in [0.3, 0.4) is 0 Å². The molecule has 0 aliphatic heterocycles. The van der Waals surface area contributed by atoms with Crippen LogP contribution in [0.25, 0.3) is 0 Å². The van der Waals surface area contributed by atoms with E-state index < -0.39 is 0 Å². The fraction of sp³-hybridized carbons (Fsp3) is 0.143. The van der Waals surface area contributed by atoms with Crippen LogP contribution in [0.4, 0.5) is 5.69 Å². The molecule has 1 nitrogen and oxygen atoms in total. The molecular formula is C7H10NS+. The minimum Gasteiger partial charge on any atom is -0.325 e. The van der Waals surface area contributed by atoms with Crippen molar-refractivity contribution in [3.63, 3.8) is 0 Å². The van der Waals surface area contributed by atoms with Crippen LogP contribution in [0, 0.1) is 0 Å². The van der Waals surface area contributed by atoms with E-state index in [1.165, 1.54) is 4.90 Å². The molecule has 0 aliphatic carbocycles. The van der Waals surface area contributed by atoms with Gasteiger partial charge in [0.25, 0.3) is 0 Å². The van der Waals surface area contributed by atoms with Crippen LogP contribution in [0.1, 0.15) is 0 Å². The van der Waals surface area contributed by atoms with Crippen molar-refractivity contribution in [2.24, 2.45) is 0 Å². The average Bonchev–Trinajstić information content (AvgIpc) is 1.90. The first-order chi connectivity index (χ1) is 4.33. The van der Waals surface area contributed by atoms with E-state index in [0.29, 0.717) is 0 Å². The monoisotopic (exact) mass is 140 g/mol. The third kappa shape index (κ3) is 1.73. The fourth-order valence-corrected chi connectivity index (χ4v) is 1.03. The molecule has 48 valence electrons. The number of hydrogen-bond donors (Lipinski definition) is 1. The maximum Gasteiger partial charge on any atom is 0.127 e. The van der Waals surface area contributed by atoms with E-state index in [1.807, 2.05) is 12.1 Å². The van der Waals surface area contributed by atoms with Gasteiger partial charge in [-0.2, -0.15) is 0 Å². The minimum atomic E-state index is 1.08. The Morgan fingerprint density at radius 3 is 2.22 bits per heavy atom. The van der Waals surface area contributed by atoms with Crippen molar-refractivity contribution >= 4 is 17.4 Å². The fourth-order valence-electron chi connectivity index (χ4n) is 0.626. The molecule has 1 aromatic rings. The summed E-state index contributed by atoms with van der Waals surface area (Å²) in [6.45, 7) is 0. The first-order valence-electron chi connectivity index (χ1n) is 2.79. The van der Waals surface area contributed by atoms with E-state index in [0.717, 1.165) is 5.69 Å². The van der Waals surface area contributed by atoms with Gasteiger partial charge in [0.05, 0.1) is 0 Å². The van der Waals surface area contributed by atoms with Gasteiger partial charge in [0.1, 0.15) is 5.69 Å². The molecular weight excluding hydrogens is 130 g/mol. The highest BCUT2D eigenvalue weighted by molar-refractivity contribution is 7.98. The lowest BCUT2D eigenvalue weighted by Gasteiger charge is -1.91. The molecule has 2 heteroatoms. The lowest BCUT2D eigenvalue weighted by molar-refractivity contribution is -0.254. The predicted molar refractivity (Wildman–Crippen MR) is 40.8 cm³/mol. The van der Waals surface area contributed by atoms with Gasteiger partial charge in [0, 0.05) is 4.90 Å². The van der Waals surface area contributed by atoms with Crippen molar-refractivity contribution in [2.75, 3.05) is 6.26 Å². The Balaban J connectivity index is 2.88. The van der Waals surface area contributed by atoms with Gasteiger partial charge in [-0.15, -0.1) is 11.8 Å². The largest absolute Gasteiger partial charge is 0.325 e. The number of hydrogen-bond acceptors (Lipinski definition) is 1. The summed E-state index contributed by atoms with van der Waals surface area (Å²) in [4.78, 5) is 1.29.